The van der Waals surface area contributed by atoms with Crippen molar-refractivity contribution in [3.63, 3.8) is 0 Å². The Morgan fingerprint density at radius 1 is 0.926 bits per heavy atom. The second kappa shape index (κ2) is 6.55. The molecule has 0 amide bonds. The number of pyridine rings is 1. The van der Waals surface area contributed by atoms with E-state index in [9.17, 15) is 8.42 Å². The summed E-state index contributed by atoms with van der Waals surface area (Å²) in [6, 6.07) is 20.2. The van der Waals surface area contributed by atoms with Crippen LogP contribution >= 0.6 is 0 Å². The molecule has 0 radical (unpaired) electrons. The van der Waals surface area contributed by atoms with E-state index in [2.05, 4.69) is 19.9 Å². The predicted molar refractivity (Wildman–Crippen MR) is 106 cm³/mol. The van der Waals surface area contributed by atoms with E-state index in [4.69, 9.17) is 0 Å². The minimum Gasteiger partial charge on any atom is -0.280 e. The highest BCUT2D eigenvalue weighted by atomic mass is 32.2. The molecular formula is C21H20N3O2S+. The van der Waals surface area contributed by atoms with E-state index >= 15 is 0 Å². The summed E-state index contributed by atoms with van der Waals surface area (Å²) in [4.78, 5) is 0.252. The number of benzene rings is 2. The molecule has 0 atom stereocenters. The van der Waals surface area contributed by atoms with E-state index in [0.717, 1.165) is 22.5 Å². The van der Waals surface area contributed by atoms with E-state index in [1.807, 2.05) is 50.5 Å². The van der Waals surface area contributed by atoms with Gasteiger partial charge in [-0.3, -0.25) is 4.72 Å². The molecule has 2 aromatic carbocycles. The third kappa shape index (κ3) is 3.31. The lowest BCUT2D eigenvalue weighted by Gasteiger charge is -2.09. The first-order valence-electron chi connectivity index (χ1n) is 8.60. The third-order valence-electron chi connectivity index (χ3n) is 4.60. The maximum absolute atomic E-state index is 12.5. The standard InChI is InChI=1S/C21H20N3O2S/c1-16-6-12-19(13-7-16)27(25,26)22-18-10-8-17(9-11-18)20-15-24-14-4-3-5-21(24)23(20)2/h3-15,22H,1-2H3/q+1. The number of aryl methyl sites for hydroxylation is 2. The Labute approximate surface area is 158 Å². The highest BCUT2D eigenvalue weighted by Crippen LogP contribution is 2.23. The Morgan fingerprint density at radius 3 is 2.30 bits per heavy atom. The van der Waals surface area contributed by atoms with Crippen LogP contribution in [-0.2, 0) is 17.1 Å². The van der Waals surface area contributed by atoms with Crippen LogP contribution in [-0.4, -0.2) is 13.0 Å². The summed E-state index contributed by atoms with van der Waals surface area (Å²) in [5, 5.41) is 0. The number of hydrogen-bond acceptors (Lipinski definition) is 2. The molecule has 0 saturated carbocycles. The molecule has 0 unspecified atom stereocenters. The molecule has 4 aromatic rings. The van der Waals surface area contributed by atoms with Crippen molar-refractivity contribution < 1.29 is 12.8 Å². The lowest BCUT2D eigenvalue weighted by atomic mass is 10.1. The normalized spacial score (nSPS) is 11.6. The quantitative estimate of drug-likeness (QED) is 0.552. The first-order valence-corrected chi connectivity index (χ1v) is 10.1. The summed E-state index contributed by atoms with van der Waals surface area (Å²) < 4.78 is 31.8. The molecule has 0 fully saturated rings. The van der Waals surface area contributed by atoms with Crippen LogP contribution in [0.25, 0.3) is 16.9 Å². The van der Waals surface area contributed by atoms with Crippen molar-refractivity contribution in [1.29, 1.82) is 0 Å². The van der Waals surface area contributed by atoms with E-state index in [1.54, 1.807) is 36.4 Å². The van der Waals surface area contributed by atoms with Crippen molar-refractivity contribution in [2.45, 2.75) is 11.8 Å². The minimum atomic E-state index is -3.60. The molecule has 0 bridgehead atoms. The second-order valence-corrected chi connectivity index (χ2v) is 8.22. The zero-order chi connectivity index (χ0) is 19.0. The van der Waals surface area contributed by atoms with Crippen LogP contribution in [0.4, 0.5) is 5.69 Å². The number of anilines is 1. The minimum absolute atomic E-state index is 0.252. The van der Waals surface area contributed by atoms with Gasteiger partial charge in [0.25, 0.3) is 15.7 Å². The molecule has 6 heteroatoms. The summed E-state index contributed by atoms with van der Waals surface area (Å²) in [7, 11) is -1.58. The average Bonchev–Trinajstić information content (AvgIpc) is 3.00. The maximum Gasteiger partial charge on any atom is 0.286 e. The number of hydrogen-bond donors (Lipinski definition) is 1. The Hall–Kier alpha value is -3.12. The molecule has 0 saturated heterocycles. The fourth-order valence-electron chi connectivity index (χ4n) is 3.09. The van der Waals surface area contributed by atoms with Crippen LogP contribution in [0.1, 0.15) is 5.56 Å². The van der Waals surface area contributed by atoms with Gasteiger partial charge in [-0.25, -0.2) is 17.4 Å². The zero-order valence-corrected chi connectivity index (χ0v) is 15.9. The molecule has 27 heavy (non-hydrogen) atoms. The fraction of sp³-hybridized carbons (Fsp3) is 0.0952. The van der Waals surface area contributed by atoms with Crippen LogP contribution in [0.5, 0.6) is 0 Å². The number of sulfonamides is 1. The molecule has 5 nitrogen and oxygen atoms in total. The largest absolute Gasteiger partial charge is 0.286 e. The summed E-state index contributed by atoms with van der Waals surface area (Å²) in [5.41, 5.74) is 4.70. The molecule has 4 rings (SSSR count). The Morgan fingerprint density at radius 2 is 1.63 bits per heavy atom. The van der Waals surface area contributed by atoms with Gasteiger partial charge >= 0.3 is 0 Å². The highest BCUT2D eigenvalue weighted by molar-refractivity contribution is 7.92. The smallest absolute Gasteiger partial charge is 0.280 e. The van der Waals surface area contributed by atoms with Crippen LogP contribution in [0.15, 0.2) is 84.0 Å². The van der Waals surface area contributed by atoms with Gasteiger partial charge in [-0.05, 0) is 49.4 Å². The number of nitrogens with zero attached hydrogens (tertiary/aromatic N) is 2. The summed E-state index contributed by atoms with van der Waals surface area (Å²) in [6.45, 7) is 1.92. The molecule has 2 heterocycles. The number of imidazole rings is 1. The number of aromatic nitrogens is 2. The van der Waals surface area contributed by atoms with Crippen molar-refractivity contribution in [1.82, 2.24) is 4.57 Å². The van der Waals surface area contributed by atoms with Gasteiger partial charge in [0.15, 0.2) is 5.69 Å². The van der Waals surface area contributed by atoms with Crippen LogP contribution in [0, 0.1) is 6.92 Å². The molecule has 0 aliphatic heterocycles. The van der Waals surface area contributed by atoms with E-state index in [0.29, 0.717) is 5.69 Å². The number of nitrogens with one attached hydrogen (secondary N) is 1. The number of rotatable bonds is 4. The molecule has 0 aliphatic rings. The molecule has 2 aromatic heterocycles. The van der Waals surface area contributed by atoms with Gasteiger partial charge in [-0.15, -0.1) is 0 Å². The fourth-order valence-corrected chi connectivity index (χ4v) is 4.15. The predicted octanol–water partition coefficient (Wildman–Crippen LogP) is 3.54. The van der Waals surface area contributed by atoms with Gasteiger partial charge in [0, 0.05) is 17.3 Å². The molecule has 136 valence electrons. The van der Waals surface area contributed by atoms with Crippen molar-refractivity contribution >= 4 is 21.4 Å². The highest BCUT2D eigenvalue weighted by Gasteiger charge is 2.17. The zero-order valence-electron chi connectivity index (χ0n) is 15.1. The van der Waals surface area contributed by atoms with Gasteiger partial charge in [-0.1, -0.05) is 23.8 Å². The van der Waals surface area contributed by atoms with Gasteiger partial charge in [-0.2, -0.15) is 0 Å². The summed E-state index contributed by atoms with van der Waals surface area (Å²) in [5.74, 6) is 0. The summed E-state index contributed by atoms with van der Waals surface area (Å²) in [6.07, 6.45) is 4.06. The molecule has 0 spiro atoms. The van der Waals surface area contributed by atoms with Crippen LogP contribution in [0.2, 0.25) is 0 Å². The van der Waals surface area contributed by atoms with E-state index in [-0.39, 0.29) is 4.90 Å². The van der Waals surface area contributed by atoms with Crippen LogP contribution in [0.3, 0.4) is 0 Å². The Bertz CT molecular complexity index is 1210. The van der Waals surface area contributed by atoms with Gasteiger partial charge in [0.2, 0.25) is 0 Å². The number of fused-ring (bicyclic) bond motifs is 1. The average molecular weight is 378 g/mol. The van der Waals surface area contributed by atoms with Gasteiger partial charge in [0.05, 0.1) is 18.1 Å². The monoisotopic (exact) mass is 378 g/mol. The van der Waals surface area contributed by atoms with Crippen molar-refractivity contribution in [2.75, 3.05) is 4.72 Å². The lowest BCUT2D eigenvalue weighted by molar-refractivity contribution is -0.510. The topological polar surface area (TPSA) is 55.2 Å². The van der Waals surface area contributed by atoms with Crippen molar-refractivity contribution in [3.05, 3.63) is 84.7 Å². The van der Waals surface area contributed by atoms with Crippen LogP contribution < -0.4 is 9.12 Å². The maximum atomic E-state index is 12.5. The first-order chi connectivity index (χ1) is 12.9. The Balaban J connectivity index is 1.62. The lowest BCUT2D eigenvalue weighted by Crippen LogP contribution is -2.17. The first kappa shape index (κ1) is 17.3. The summed E-state index contributed by atoms with van der Waals surface area (Å²) >= 11 is 0. The van der Waals surface area contributed by atoms with Gasteiger partial charge in [0.1, 0.15) is 6.20 Å². The van der Waals surface area contributed by atoms with E-state index < -0.39 is 10.0 Å². The molecule has 1 N–H and O–H groups in total. The van der Waals surface area contributed by atoms with E-state index in [1.165, 1.54) is 0 Å². The van der Waals surface area contributed by atoms with Crippen molar-refractivity contribution in [2.24, 2.45) is 7.05 Å². The Kier molecular flexibility index (Phi) is 4.20. The molecule has 0 aliphatic carbocycles. The SMILES string of the molecule is Cc1ccc(S(=O)(=O)Nc2ccc(-c3c[n+]4ccccc4n3C)cc2)cc1. The third-order valence-corrected chi connectivity index (χ3v) is 6.00. The molecular weight excluding hydrogens is 358 g/mol. The second-order valence-electron chi connectivity index (χ2n) is 6.54. The van der Waals surface area contributed by atoms with Gasteiger partial charge < -0.3 is 0 Å². The van der Waals surface area contributed by atoms with Crippen molar-refractivity contribution in [3.8, 4) is 11.3 Å².